The van der Waals surface area contributed by atoms with Gasteiger partial charge in [-0.25, -0.2) is 0 Å². The Morgan fingerprint density at radius 1 is 0.560 bits per heavy atom. The molecule has 0 aliphatic heterocycles. The number of fused-ring (bicyclic) bond motifs is 1. The molecule has 0 spiro atoms. The van der Waals surface area contributed by atoms with Crippen molar-refractivity contribution in [3.05, 3.63) is 114 Å². The van der Waals surface area contributed by atoms with E-state index in [9.17, 15) is 0 Å². The molecule has 0 saturated heterocycles. The van der Waals surface area contributed by atoms with Gasteiger partial charge in [-0.05, 0) is 22.6 Å². The molecule has 1 N–H and O–H groups in total. The second-order valence-corrected chi connectivity index (χ2v) is 6.28. The molecule has 0 aromatic heterocycles. The molecule has 0 saturated carbocycles. The van der Waals surface area contributed by atoms with Crippen LogP contribution in [-0.2, 0) is 0 Å². The van der Waals surface area contributed by atoms with Gasteiger partial charge < -0.3 is 5.32 Å². The monoisotopic (exact) mass is 323 g/mol. The molecule has 0 heterocycles. The lowest BCUT2D eigenvalue weighted by Gasteiger charge is -2.20. The van der Waals surface area contributed by atoms with E-state index >= 15 is 0 Å². The van der Waals surface area contributed by atoms with Crippen LogP contribution in [0.4, 0.5) is 5.69 Å². The van der Waals surface area contributed by atoms with Crippen LogP contribution in [0.2, 0.25) is 0 Å². The van der Waals surface area contributed by atoms with Gasteiger partial charge in [0.2, 0.25) is 0 Å². The summed E-state index contributed by atoms with van der Waals surface area (Å²) in [6.45, 7) is 0.863. The summed E-state index contributed by atoms with van der Waals surface area (Å²) in [5, 5.41) is 6.22. The molecule has 1 heteroatoms. The first-order valence-electron chi connectivity index (χ1n) is 8.73. The highest BCUT2D eigenvalue weighted by Gasteiger charge is 2.14. The Morgan fingerprint density at radius 3 is 1.80 bits per heavy atom. The zero-order valence-electron chi connectivity index (χ0n) is 14.1. The second-order valence-electron chi connectivity index (χ2n) is 6.28. The van der Waals surface area contributed by atoms with E-state index in [1.807, 2.05) is 0 Å². The summed E-state index contributed by atoms with van der Waals surface area (Å²) in [5.41, 5.74) is 3.86. The van der Waals surface area contributed by atoms with Gasteiger partial charge in [-0.2, -0.15) is 0 Å². The third-order valence-corrected chi connectivity index (χ3v) is 4.69. The Labute approximate surface area is 149 Å². The molecule has 0 unspecified atom stereocenters. The van der Waals surface area contributed by atoms with Crippen molar-refractivity contribution in [1.82, 2.24) is 0 Å². The van der Waals surface area contributed by atoms with E-state index in [1.165, 1.54) is 27.6 Å². The number of nitrogens with one attached hydrogen (secondary N) is 1. The third-order valence-electron chi connectivity index (χ3n) is 4.69. The first-order chi connectivity index (χ1) is 12.4. The molecule has 25 heavy (non-hydrogen) atoms. The fraction of sp³-hybridized carbons (Fsp3) is 0.0833. The summed E-state index contributed by atoms with van der Waals surface area (Å²) >= 11 is 0. The minimum absolute atomic E-state index is 0.321. The van der Waals surface area contributed by atoms with Crippen LogP contribution >= 0.6 is 0 Å². The van der Waals surface area contributed by atoms with Gasteiger partial charge >= 0.3 is 0 Å². The van der Waals surface area contributed by atoms with Crippen LogP contribution in [0.15, 0.2) is 103 Å². The number of rotatable bonds is 5. The molecular formula is C24H21N. The average Bonchev–Trinajstić information content (AvgIpc) is 2.70. The van der Waals surface area contributed by atoms with Crippen molar-refractivity contribution < 1.29 is 0 Å². The highest BCUT2D eigenvalue weighted by Crippen LogP contribution is 2.27. The fourth-order valence-corrected chi connectivity index (χ4v) is 3.39. The van der Waals surface area contributed by atoms with E-state index in [-0.39, 0.29) is 0 Å². The van der Waals surface area contributed by atoms with Gasteiger partial charge in [0.25, 0.3) is 0 Å². The Morgan fingerprint density at radius 2 is 1.12 bits per heavy atom. The van der Waals surface area contributed by atoms with Gasteiger partial charge in [-0.3, -0.25) is 0 Å². The maximum atomic E-state index is 3.68. The Balaban J connectivity index is 1.65. The maximum absolute atomic E-state index is 3.68. The summed E-state index contributed by atoms with van der Waals surface area (Å²) in [6.07, 6.45) is 0. The zero-order valence-corrected chi connectivity index (χ0v) is 14.1. The summed E-state index contributed by atoms with van der Waals surface area (Å²) in [7, 11) is 0. The summed E-state index contributed by atoms with van der Waals surface area (Å²) in [5.74, 6) is 0.321. The largest absolute Gasteiger partial charge is 0.384 e. The van der Waals surface area contributed by atoms with Gasteiger partial charge in [0.05, 0.1) is 0 Å². The van der Waals surface area contributed by atoms with Gasteiger partial charge in [0.1, 0.15) is 0 Å². The number of hydrogen-bond donors (Lipinski definition) is 1. The first kappa shape index (κ1) is 15.5. The lowest BCUT2D eigenvalue weighted by atomic mass is 9.91. The fourth-order valence-electron chi connectivity index (χ4n) is 3.39. The predicted octanol–water partition coefficient (Wildman–Crippen LogP) is 6.08. The zero-order chi connectivity index (χ0) is 16.9. The van der Waals surface area contributed by atoms with Crippen LogP contribution in [0.1, 0.15) is 17.0 Å². The lowest BCUT2D eigenvalue weighted by Crippen LogP contribution is -2.14. The second kappa shape index (κ2) is 7.23. The van der Waals surface area contributed by atoms with Gasteiger partial charge in [0, 0.05) is 23.5 Å². The van der Waals surface area contributed by atoms with Crippen molar-refractivity contribution >= 4 is 16.5 Å². The Bertz CT molecular complexity index is 900. The molecule has 122 valence electrons. The summed E-state index contributed by atoms with van der Waals surface area (Å²) < 4.78 is 0. The molecular weight excluding hydrogens is 302 g/mol. The van der Waals surface area contributed by atoms with Crippen LogP contribution in [0.3, 0.4) is 0 Å². The molecule has 4 aromatic rings. The SMILES string of the molecule is c1ccc(C(CNc2cccc3ccccc23)c2ccccc2)cc1. The van der Waals surface area contributed by atoms with E-state index in [1.54, 1.807) is 0 Å². The van der Waals surface area contributed by atoms with Crippen LogP contribution in [0, 0.1) is 0 Å². The molecule has 0 bridgehead atoms. The molecule has 0 atom stereocenters. The average molecular weight is 323 g/mol. The minimum Gasteiger partial charge on any atom is -0.384 e. The van der Waals surface area contributed by atoms with E-state index in [0.717, 1.165) is 6.54 Å². The van der Waals surface area contributed by atoms with E-state index in [4.69, 9.17) is 0 Å². The van der Waals surface area contributed by atoms with Crippen molar-refractivity contribution in [3.8, 4) is 0 Å². The van der Waals surface area contributed by atoms with E-state index < -0.39 is 0 Å². The summed E-state index contributed by atoms with van der Waals surface area (Å²) in [4.78, 5) is 0. The smallest absolute Gasteiger partial charge is 0.0420 e. The predicted molar refractivity (Wildman–Crippen MR) is 107 cm³/mol. The molecule has 4 rings (SSSR count). The van der Waals surface area contributed by atoms with Crippen LogP contribution < -0.4 is 5.32 Å². The summed E-state index contributed by atoms with van der Waals surface area (Å²) in [6, 6.07) is 36.4. The number of anilines is 1. The van der Waals surface area contributed by atoms with Gasteiger partial charge in [-0.1, -0.05) is 97.1 Å². The number of hydrogen-bond acceptors (Lipinski definition) is 1. The van der Waals surface area contributed by atoms with Crippen molar-refractivity contribution in [2.75, 3.05) is 11.9 Å². The molecule has 0 amide bonds. The molecule has 0 fully saturated rings. The van der Waals surface area contributed by atoms with Crippen molar-refractivity contribution in [1.29, 1.82) is 0 Å². The maximum Gasteiger partial charge on any atom is 0.0420 e. The minimum atomic E-state index is 0.321. The van der Waals surface area contributed by atoms with Crippen LogP contribution in [0.5, 0.6) is 0 Å². The van der Waals surface area contributed by atoms with E-state index in [0.29, 0.717) is 5.92 Å². The molecule has 1 nitrogen and oxygen atoms in total. The first-order valence-corrected chi connectivity index (χ1v) is 8.73. The standard InChI is InChI=1S/C24H21N/c1-3-10-20(11-4-1)23(21-12-5-2-6-13-21)18-25-24-17-9-15-19-14-7-8-16-22(19)24/h1-17,23,25H,18H2. The van der Waals surface area contributed by atoms with Crippen molar-refractivity contribution in [3.63, 3.8) is 0 Å². The Kier molecular flexibility index (Phi) is 4.47. The lowest BCUT2D eigenvalue weighted by molar-refractivity contribution is 0.854. The van der Waals surface area contributed by atoms with Crippen molar-refractivity contribution in [2.24, 2.45) is 0 Å². The van der Waals surface area contributed by atoms with Gasteiger partial charge in [0.15, 0.2) is 0 Å². The third kappa shape index (κ3) is 3.41. The highest BCUT2D eigenvalue weighted by molar-refractivity contribution is 5.93. The molecule has 0 aliphatic rings. The highest BCUT2D eigenvalue weighted by atomic mass is 14.9. The normalized spacial score (nSPS) is 10.9. The van der Waals surface area contributed by atoms with Crippen molar-refractivity contribution in [2.45, 2.75) is 5.92 Å². The van der Waals surface area contributed by atoms with E-state index in [2.05, 4.69) is 108 Å². The number of benzene rings is 4. The Hall–Kier alpha value is -3.06. The van der Waals surface area contributed by atoms with Crippen LogP contribution in [-0.4, -0.2) is 6.54 Å². The van der Waals surface area contributed by atoms with Crippen LogP contribution in [0.25, 0.3) is 10.8 Å². The molecule has 0 aliphatic carbocycles. The molecule has 0 radical (unpaired) electrons. The van der Waals surface area contributed by atoms with Gasteiger partial charge in [-0.15, -0.1) is 0 Å². The topological polar surface area (TPSA) is 12.0 Å². The molecule has 4 aromatic carbocycles. The quantitative estimate of drug-likeness (QED) is 0.469.